The van der Waals surface area contributed by atoms with E-state index in [2.05, 4.69) is 46.2 Å². The van der Waals surface area contributed by atoms with Crippen molar-refractivity contribution in [3.8, 4) is 5.75 Å². The second-order valence-corrected chi connectivity index (χ2v) is 6.88. The summed E-state index contributed by atoms with van der Waals surface area (Å²) in [6.45, 7) is 7.44. The van der Waals surface area contributed by atoms with Crippen LogP contribution in [0.1, 0.15) is 36.8 Å². The molecule has 0 aliphatic heterocycles. The van der Waals surface area contributed by atoms with Crippen LogP contribution in [-0.4, -0.2) is 28.5 Å². The SMILES string of the molecule is CCOc1ccc(NC(=O)c2cc(N(Cc3ccccc3)C(C)C)ncn2)cc1. The molecule has 0 unspecified atom stereocenters. The van der Waals surface area contributed by atoms with Gasteiger partial charge in [-0.15, -0.1) is 0 Å². The van der Waals surface area contributed by atoms with Crippen LogP contribution in [0.5, 0.6) is 5.75 Å². The normalized spacial score (nSPS) is 10.6. The van der Waals surface area contributed by atoms with E-state index in [-0.39, 0.29) is 11.9 Å². The molecule has 0 bridgehead atoms. The van der Waals surface area contributed by atoms with Crippen molar-refractivity contribution in [3.63, 3.8) is 0 Å². The average molecular weight is 390 g/mol. The molecular weight excluding hydrogens is 364 g/mol. The molecule has 2 aromatic carbocycles. The molecule has 0 saturated carbocycles. The Labute approximate surface area is 171 Å². The van der Waals surface area contributed by atoms with Gasteiger partial charge in [-0.3, -0.25) is 4.79 Å². The van der Waals surface area contributed by atoms with Gasteiger partial charge < -0.3 is 15.0 Å². The molecule has 1 heterocycles. The number of hydrogen-bond donors (Lipinski definition) is 1. The number of benzene rings is 2. The van der Waals surface area contributed by atoms with Crippen molar-refractivity contribution in [1.29, 1.82) is 0 Å². The fraction of sp³-hybridized carbons (Fsp3) is 0.261. The summed E-state index contributed by atoms with van der Waals surface area (Å²) in [6, 6.07) is 19.4. The van der Waals surface area contributed by atoms with Gasteiger partial charge in [0, 0.05) is 24.3 Å². The number of ether oxygens (including phenoxy) is 1. The van der Waals surface area contributed by atoms with Crippen LogP contribution < -0.4 is 15.0 Å². The zero-order chi connectivity index (χ0) is 20.6. The van der Waals surface area contributed by atoms with Crippen molar-refractivity contribution in [2.75, 3.05) is 16.8 Å². The summed E-state index contributed by atoms with van der Waals surface area (Å²) in [5.74, 6) is 1.21. The molecule has 6 heteroatoms. The topological polar surface area (TPSA) is 67.3 Å². The largest absolute Gasteiger partial charge is 0.494 e. The van der Waals surface area contributed by atoms with Crippen LogP contribution in [0.25, 0.3) is 0 Å². The highest BCUT2D eigenvalue weighted by molar-refractivity contribution is 6.03. The van der Waals surface area contributed by atoms with Gasteiger partial charge in [0.2, 0.25) is 0 Å². The van der Waals surface area contributed by atoms with Crippen molar-refractivity contribution in [2.24, 2.45) is 0 Å². The molecule has 1 N–H and O–H groups in total. The minimum Gasteiger partial charge on any atom is -0.494 e. The first-order chi connectivity index (χ1) is 14.1. The van der Waals surface area contributed by atoms with Gasteiger partial charge >= 0.3 is 0 Å². The fourth-order valence-electron chi connectivity index (χ4n) is 2.93. The zero-order valence-corrected chi connectivity index (χ0v) is 17.0. The molecule has 0 fully saturated rings. The number of rotatable bonds is 8. The highest BCUT2D eigenvalue weighted by atomic mass is 16.5. The van der Waals surface area contributed by atoms with E-state index >= 15 is 0 Å². The van der Waals surface area contributed by atoms with E-state index in [9.17, 15) is 4.79 Å². The summed E-state index contributed by atoms with van der Waals surface area (Å²) in [4.78, 5) is 23.4. The first kappa shape index (κ1) is 20.3. The van der Waals surface area contributed by atoms with E-state index in [1.807, 2.05) is 37.3 Å². The molecular formula is C23H26N4O2. The number of carbonyl (C=O) groups excluding carboxylic acids is 1. The average Bonchev–Trinajstić information content (AvgIpc) is 2.74. The van der Waals surface area contributed by atoms with Crippen LogP contribution in [-0.2, 0) is 6.54 Å². The molecule has 3 aromatic rings. The first-order valence-corrected chi connectivity index (χ1v) is 9.73. The standard InChI is InChI=1S/C23H26N4O2/c1-4-29-20-12-10-19(11-13-20)26-23(28)21-14-22(25-16-24-21)27(17(2)3)15-18-8-6-5-7-9-18/h5-14,16-17H,4,15H2,1-3H3,(H,26,28). The highest BCUT2D eigenvalue weighted by Gasteiger charge is 2.16. The second-order valence-electron chi connectivity index (χ2n) is 6.88. The Morgan fingerprint density at radius 2 is 1.79 bits per heavy atom. The maximum Gasteiger partial charge on any atom is 0.274 e. The Balaban J connectivity index is 1.75. The Hall–Kier alpha value is -3.41. The molecule has 1 aromatic heterocycles. The lowest BCUT2D eigenvalue weighted by Gasteiger charge is -2.28. The summed E-state index contributed by atoms with van der Waals surface area (Å²) < 4.78 is 5.42. The van der Waals surface area contributed by atoms with Gasteiger partial charge in [0.05, 0.1) is 6.61 Å². The van der Waals surface area contributed by atoms with E-state index in [1.54, 1.807) is 18.2 Å². The maximum absolute atomic E-state index is 12.7. The summed E-state index contributed by atoms with van der Waals surface area (Å²) in [7, 11) is 0. The van der Waals surface area contributed by atoms with Crippen LogP contribution in [0.3, 0.4) is 0 Å². The Bertz CT molecular complexity index is 927. The van der Waals surface area contributed by atoms with Crippen molar-refractivity contribution in [1.82, 2.24) is 9.97 Å². The molecule has 29 heavy (non-hydrogen) atoms. The quantitative estimate of drug-likeness (QED) is 0.611. The van der Waals surface area contributed by atoms with E-state index in [1.165, 1.54) is 11.9 Å². The lowest BCUT2D eigenvalue weighted by Crippen LogP contribution is -2.31. The van der Waals surface area contributed by atoms with Gasteiger partial charge in [0.1, 0.15) is 23.6 Å². The van der Waals surface area contributed by atoms with E-state index in [0.29, 0.717) is 24.5 Å². The van der Waals surface area contributed by atoms with Crippen LogP contribution in [0.2, 0.25) is 0 Å². The van der Waals surface area contributed by atoms with Crippen molar-refractivity contribution in [2.45, 2.75) is 33.4 Å². The Morgan fingerprint density at radius 1 is 1.07 bits per heavy atom. The summed E-state index contributed by atoms with van der Waals surface area (Å²) in [5.41, 5.74) is 2.19. The lowest BCUT2D eigenvalue weighted by molar-refractivity contribution is 0.102. The fourth-order valence-corrected chi connectivity index (χ4v) is 2.93. The number of anilines is 2. The third kappa shape index (κ3) is 5.54. The molecule has 1 amide bonds. The van der Waals surface area contributed by atoms with Gasteiger partial charge in [-0.2, -0.15) is 0 Å². The third-order valence-electron chi connectivity index (χ3n) is 4.42. The highest BCUT2D eigenvalue weighted by Crippen LogP contribution is 2.20. The number of hydrogen-bond acceptors (Lipinski definition) is 5. The maximum atomic E-state index is 12.7. The first-order valence-electron chi connectivity index (χ1n) is 9.73. The second kappa shape index (κ2) is 9.68. The monoisotopic (exact) mass is 390 g/mol. The van der Waals surface area contributed by atoms with Gasteiger partial charge in [0.15, 0.2) is 0 Å². The minimum absolute atomic E-state index is 0.215. The molecule has 0 aliphatic rings. The van der Waals surface area contributed by atoms with Crippen LogP contribution in [0.4, 0.5) is 11.5 Å². The molecule has 6 nitrogen and oxygen atoms in total. The number of carbonyl (C=O) groups is 1. The van der Waals surface area contributed by atoms with Crippen LogP contribution in [0.15, 0.2) is 67.0 Å². The molecule has 0 saturated heterocycles. The minimum atomic E-state index is -0.277. The third-order valence-corrected chi connectivity index (χ3v) is 4.42. The van der Waals surface area contributed by atoms with E-state index in [4.69, 9.17) is 4.74 Å². The molecule has 0 spiro atoms. The molecule has 150 valence electrons. The van der Waals surface area contributed by atoms with Gasteiger partial charge in [-0.1, -0.05) is 30.3 Å². The smallest absolute Gasteiger partial charge is 0.274 e. The van der Waals surface area contributed by atoms with E-state index < -0.39 is 0 Å². The number of amides is 1. The Morgan fingerprint density at radius 3 is 2.45 bits per heavy atom. The van der Waals surface area contributed by atoms with Crippen molar-refractivity contribution >= 4 is 17.4 Å². The van der Waals surface area contributed by atoms with Crippen LogP contribution in [0, 0.1) is 0 Å². The zero-order valence-electron chi connectivity index (χ0n) is 17.0. The molecule has 0 aliphatic carbocycles. The van der Waals surface area contributed by atoms with Gasteiger partial charge in [-0.05, 0) is 50.6 Å². The van der Waals surface area contributed by atoms with Crippen molar-refractivity contribution in [3.05, 3.63) is 78.2 Å². The van der Waals surface area contributed by atoms with Gasteiger partial charge in [-0.25, -0.2) is 9.97 Å². The van der Waals surface area contributed by atoms with Crippen LogP contribution >= 0.6 is 0 Å². The lowest BCUT2D eigenvalue weighted by atomic mass is 10.2. The summed E-state index contributed by atoms with van der Waals surface area (Å²) in [5, 5.41) is 2.87. The van der Waals surface area contributed by atoms with Gasteiger partial charge in [0.25, 0.3) is 5.91 Å². The van der Waals surface area contributed by atoms with Crippen molar-refractivity contribution < 1.29 is 9.53 Å². The number of aromatic nitrogens is 2. The predicted octanol–water partition coefficient (Wildman–Crippen LogP) is 4.54. The predicted molar refractivity (Wildman–Crippen MR) is 115 cm³/mol. The summed E-state index contributed by atoms with van der Waals surface area (Å²) >= 11 is 0. The van der Waals surface area contributed by atoms with E-state index in [0.717, 1.165) is 11.6 Å². The molecule has 0 atom stereocenters. The number of nitrogens with one attached hydrogen (secondary N) is 1. The number of nitrogens with zero attached hydrogens (tertiary/aromatic N) is 3. The Kier molecular flexibility index (Phi) is 6.79. The molecule has 0 radical (unpaired) electrons. The summed E-state index contributed by atoms with van der Waals surface area (Å²) in [6.07, 6.45) is 1.43. The molecule has 3 rings (SSSR count).